The fourth-order valence-electron chi connectivity index (χ4n) is 3.61. The molecule has 0 radical (unpaired) electrons. The van der Waals surface area contributed by atoms with Crippen LogP contribution in [0.4, 0.5) is 11.5 Å². The number of pyridine rings is 1. The third-order valence-corrected chi connectivity index (χ3v) is 5.55. The van der Waals surface area contributed by atoms with Crippen molar-refractivity contribution in [1.82, 2.24) is 14.5 Å². The van der Waals surface area contributed by atoms with Gasteiger partial charge in [0.2, 0.25) is 0 Å². The molecule has 0 aliphatic heterocycles. The van der Waals surface area contributed by atoms with Crippen molar-refractivity contribution in [3.8, 4) is 0 Å². The minimum atomic E-state index is -0.549. The van der Waals surface area contributed by atoms with Crippen molar-refractivity contribution in [2.75, 3.05) is 23.9 Å². The molecular formula is C25H27Cl2N7O3. The Bertz CT molecular complexity index is 1390. The lowest BCUT2D eigenvalue weighted by Crippen LogP contribution is -2.36. The van der Waals surface area contributed by atoms with Crippen LogP contribution >= 0.6 is 24.8 Å². The summed E-state index contributed by atoms with van der Waals surface area (Å²) >= 11 is 0. The maximum absolute atomic E-state index is 13.3. The van der Waals surface area contributed by atoms with Gasteiger partial charge in [-0.1, -0.05) is 6.07 Å². The highest BCUT2D eigenvalue weighted by atomic mass is 35.5. The second-order valence-corrected chi connectivity index (χ2v) is 7.79. The zero-order valence-corrected chi connectivity index (χ0v) is 21.8. The summed E-state index contributed by atoms with van der Waals surface area (Å²) in [5, 5.41) is 10.8. The highest BCUT2D eigenvalue weighted by Crippen LogP contribution is 2.21. The molecule has 10 nitrogen and oxygen atoms in total. The Labute approximate surface area is 226 Å². The number of rotatable bonds is 8. The van der Waals surface area contributed by atoms with E-state index in [1.54, 1.807) is 48.7 Å². The van der Waals surface area contributed by atoms with E-state index in [4.69, 9.17) is 20.9 Å². The largest absolute Gasteiger partial charge is 0.468 e. The van der Waals surface area contributed by atoms with E-state index in [1.807, 2.05) is 29.8 Å². The SMILES string of the molecule is COC(=O)CN(C(=O)c1ccc2c(c1)nc(CNc1ccc(C(=N)N)cc1)n2C)c1ccccn1.Cl.Cl. The Kier molecular flexibility index (Phi) is 9.98. The van der Waals surface area contributed by atoms with E-state index in [0.717, 1.165) is 17.0 Å². The van der Waals surface area contributed by atoms with E-state index in [9.17, 15) is 9.59 Å². The summed E-state index contributed by atoms with van der Waals surface area (Å²) in [4.78, 5) is 35.5. The number of amidine groups is 1. The Hall–Kier alpha value is -4.15. The first-order chi connectivity index (χ1) is 16.9. The molecule has 0 saturated carbocycles. The molecule has 0 fully saturated rings. The van der Waals surface area contributed by atoms with Crippen LogP contribution in [-0.4, -0.2) is 45.9 Å². The van der Waals surface area contributed by atoms with Crippen LogP contribution in [0.1, 0.15) is 21.7 Å². The summed E-state index contributed by atoms with van der Waals surface area (Å²) in [7, 11) is 3.18. The van der Waals surface area contributed by atoms with Crippen molar-refractivity contribution in [2.24, 2.45) is 12.8 Å². The molecule has 0 aliphatic rings. The zero-order valence-electron chi connectivity index (χ0n) is 20.2. The van der Waals surface area contributed by atoms with E-state index in [-0.39, 0.29) is 43.1 Å². The number of aryl methyl sites for hydroxylation is 1. The third-order valence-electron chi connectivity index (χ3n) is 5.55. The molecule has 37 heavy (non-hydrogen) atoms. The number of halogens is 2. The average Bonchev–Trinajstić information content (AvgIpc) is 3.20. The molecule has 0 bridgehead atoms. The Morgan fingerprint density at radius 3 is 2.41 bits per heavy atom. The van der Waals surface area contributed by atoms with E-state index in [2.05, 4.69) is 10.3 Å². The normalized spacial score (nSPS) is 10.1. The molecule has 2 heterocycles. The predicted octanol–water partition coefficient (Wildman–Crippen LogP) is 3.53. The molecule has 0 saturated heterocycles. The second-order valence-electron chi connectivity index (χ2n) is 7.79. The standard InChI is InChI=1S/C25H25N7O3.2ClH/c1-31-20-11-8-17(25(34)32(15-23(33)35-2)21-5-3-4-12-28-21)13-19(20)30-22(31)14-29-18-9-6-16(7-10-18)24(26)27;;/h3-13,29H,14-15H2,1-2H3,(H3,26,27);2*1H. The molecule has 1 amide bonds. The Morgan fingerprint density at radius 1 is 1.08 bits per heavy atom. The first kappa shape index (κ1) is 29.1. The van der Waals surface area contributed by atoms with Gasteiger partial charge in [-0.25, -0.2) is 9.97 Å². The number of ether oxygens (including phenoxy) is 1. The van der Waals surface area contributed by atoms with Gasteiger partial charge in [-0.15, -0.1) is 24.8 Å². The number of esters is 1. The predicted molar refractivity (Wildman–Crippen MR) is 148 cm³/mol. The highest BCUT2D eigenvalue weighted by Gasteiger charge is 2.23. The number of carbonyl (C=O) groups is 2. The topological polar surface area (TPSA) is 139 Å². The van der Waals surface area contributed by atoms with Crippen LogP contribution in [0, 0.1) is 5.41 Å². The number of benzene rings is 2. The van der Waals surface area contributed by atoms with Crippen LogP contribution in [0.25, 0.3) is 11.0 Å². The molecule has 2 aromatic carbocycles. The number of carbonyl (C=O) groups excluding carboxylic acids is 2. The van der Waals surface area contributed by atoms with Gasteiger partial charge >= 0.3 is 5.97 Å². The number of methoxy groups -OCH3 is 1. The van der Waals surface area contributed by atoms with Gasteiger partial charge in [0.15, 0.2) is 0 Å². The van der Waals surface area contributed by atoms with E-state index >= 15 is 0 Å². The summed E-state index contributed by atoms with van der Waals surface area (Å²) in [6.07, 6.45) is 1.56. The lowest BCUT2D eigenvalue weighted by Gasteiger charge is -2.20. The number of nitrogens with two attached hydrogens (primary N) is 1. The minimum absolute atomic E-state index is 0. The van der Waals surface area contributed by atoms with Gasteiger partial charge < -0.3 is 20.4 Å². The van der Waals surface area contributed by atoms with E-state index < -0.39 is 5.97 Å². The second kappa shape index (κ2) is 12.7. The summed E-state index contributed by atoms with van der Waals surface area (Å²) in [6.45, 7) is 0.195. The van der Waals surface area contributed by atoms with Gasteiger partial charge in [0.25, 0.3) is 5.91 Å². The van der Waals surface area contributed by atoms with Crippen LogP contribution in [0.3, 0.4) is 0 Å². The molecular weight excluding hydrogens is 517 g/mol. The van der Waals surface area contributed by atoms with E-state index in [0.29, 0.717) is 29.0 Å². The number of anilines is 2. The van der Waals surface area contributed by atoms with Crippen LogP contribution in [0.15, 0.2) is 66.9 Å². The summed E-state index contributed by atoms with van der Waals surface area (Å²) in [6, 6.07) is 17.6. The van der Waals surface area contributed by atoms with Crippen molar-refractivity contribution in [3.63, 3.8) is 0 Å². The molecule has 4 N–H and O–H groups in total. The fourth-order valence-corrected chi connectivity index (χ4v) is 3.61. The van der Waals surface area contributed by atoms with Crippen LogP contribution in [0.2, 0.25) is 0 Å². The monoisotopic (exact) mass is 543 g/mol. The molecule has 0 aliphatic carbocycles. The van der Waals surface area contributed by atoms with Crippen molar-refractivity contribution in [2.45, 2.75) is 6.54 Å². The molecule has 4 aromatic rings. The molecule has 2 aromatic heterocycles. The molecule has 4 rings (SSSR count). The minimum Gasteiger partial charge on any atom is -0.468 e. The number of aromatic nitrogens is 3. The number of imidazole rings is 1. The van der Waals surface area contributed by atoms with Crippen molar-refractivity contribution in [1.29, 1.82) is 5.41 Å². The van der Waals surface area contributed by atoms with Gasteiger partial charge in [0.05, 0.1) is 24.7 Å². The maximum atomic E-state index is 13.3. The number of nitrogen functional groups attached to an aromatic ring is 1. The lowest BCUT2D eigenvalue weighted by molar-refractivity contribution is -0.138. The smallest absolute Gasteiger partial charge is 0.325 e. The first-order valence-electron chi connectivity index (χ1n) is 10.8. The average molecular weight is 544 g/mol. The van der Waals surface area contributed by atoms with Gasteiger partial charge in [-0.3, -0.25) is 19.9 Å². The number of amides is 1. The number of hydrogen-bond donors (Lipinski definition) is 3. The van der Waals surface area contributed by atoms with Gasteiger partial charge in [0, 0.05) is 30.1 Å². The molecule has 0 unspecified atom stereocenters. The van der Waals surface area contributed by atoms with Crippen molar-refractivity contribution >= 4 is 65.1 Å². The number of nitrogens with one attached hydrogen (secondary N) is 2. The molecule has 0 spiro atoms. The van der Waals surface area contributed by atoms with Crippen LogP contribution in [0.5, 0.6) is 0 Å². The summed E-state index contributed by atoms with van der Waals surface area (Å²) in [5.74, 6) is 0.214. The van der Waals surface area contributed by atoms with Gasteiger partial charge in [-0.2, -0.15) is 0 Å². The zero-order chi connectivity index (χ0) is 24.9. The number of nitrogens with zero attached hydrogens (tertiary/aromatic N) is 4. The van der Waals surface area contributed by atoms with E-state index in [1.165, 1.54) is 12.0 Å². The number of hydrogen-bond acceptors (Lipinski definition) is 7. The lowest BCUT2D eigenvalue weighted by atomic mass is 10.1. The fraction of sp³-hybridized carbons (Fsp3) is 0.160. The van der Waals surface area contributed by atoms with Crippen molar-refractivity contribution in [3.05, 3.63) is 83.8 Å². The first-order valence-corrected chi connectivity index (χ1v) is 10.8. The molecule has 0 atom stereocenters. The van der Waals surface area contributed by atoms with Crippen molar-refractivity contribution < 1.29 is 14.3 Å². The Balaban J connectivity index is 0.00000241. The number of fused-ring (bicyclic) bond motifs is 1. The van der Waals surface area contributed by atoms with Crippen LogP contribution < -0.4 is 16.0 Å². The summed E-state index contributed by atoms with van der Waals surface area (Å²) < 4.78 is 6.71. The summed E-state index contributed by atoms with van der Waals surface area (Å²) in [5.41, 5.74) is 8.92. The molecule has 194 valence electrons. The maximum Gasteiger partial charge on any atom is 0.325 e. The third kappa shape index (κ3) is 6.54. The Morgan fingerprint density at radius 2 is 1.78 bits per heavy atom. The molecule has 12 heteroatoms. The van der Waals surface area contributed by atoms with Gasteiger partial charge in [-0.05, 0) is 54.6 Å². The van der Waals surface area contributed by atoms with Gasteiger partial charge in [0.1, 0.15) is 24.0 Å². The van der Waals surface area contributed by atoms with Crippen LogP contribution in [-0.2, 0) is 23.1 Å². The highest BCUT2D eigenvalue weighted by molar-refractivity contribution is 6.09. The quantitative estimate of drug-likeness (QED) is 0.175.